The lowest BCUT2D eigenvalue weighted by atomic mass is 10.1. The zero-order valence-electron chi connectivity index (χ0n) is 12.8. The maximum absolute atomic E-state index is 4.90. The van der Waals surface area contributed by atoms with Gasteiger partial charge in [0.05, 0.1) is 17.4 Å². The Morgan fingerprint density at radius 2 is 1.83 bits per heavy atom. The van der Waals surface area contributed by atoms with E-state index >= 15 is 0 Å². The van der Waals surface area contributed by atoms with Crippen molar-refractivity contribution in [1.82, 2.24) is 0 Å². The van der Waals surface area contributed by atoms with Crippen LogP contribution in [0.3, 0.4) is 0 Å². The monoisotopic (exact) mass is 414 g/mol. The molecule has 2 nitrogen and oxygen atoms in total. The second-order valence-electron chi connectivity index (χ2n) is 5.47. The van der Waals surface area contributed by atoms with Crippen molar-refractivity contribution in [2.75, 3.05) is 5.01 Å². The van der Waals surface area contributed by atoms with Crippen LogP contribution in [0.2, 0.25) is 0 Å². The Bertz CT molecular complexity index is 867. The Morgan fingerprint density at radius 1 is 1.00 bits per heavy atom. The number of allylic oxidation sites excluding steroid dienone is 1. The first kappa shape index (κ1) is 15.8. The molecule has 1 atom stereocenters. The van der Waals surface area contributed by atoms with Gasteiger partial charge in [-0.15, -0.1) is 22.7 Å². The molecule has 0 fully saturated rings. The summed E-state index contributed by atoms with van der Waals surface area (Å²) < 4.78 is 1.07. The first-order valence-corrected chi connectivity index (χ1v) is 10.2. The Labute approximate surface area is 157 Å². The third-order valence-electron chi connectivity index (χ3n) is 3.89. The van der Waals surface area contributed by atoms with Crippen molar-refractivity contribution >= 4 is 56.1 Å². The Hall–Kier alpha value is -1.69. The lowest BCUT2D eigenvalue weighted by Crippen LogP contribution is -2.17. The molecule has 0 saturated carbocycles. The molecule has 0 spiro atoms. The number of hydrazone groups is 1. The van der Waals surface area contributed by atoms with E-state index in [1.54, 1.807) is 22.7 Å². The first-order valence-electron chi connectivity index (χ1n) is 7.67. The van der Waals surface area contributed by atoms with E-state index in [0.717, 1.165) is 22.3 Å². The smallest absolute Gasteiger partial charge is 0.0923 e. The van der Waals surface area contributed by atoms with Crippen molar-refractivity contribution in [2.24, 2.45) is 5.10 Å². The van der Waals surface area contributed by atoms with Gasteiger partial charge in [-0.3, -0.25) is 5.01 Å². The minimum absolute atomic E-state index is 0.256. The summed E-state index contributed by atoms with van der Waals surface area (Å²) >= 11 is 7.20. The fraction of sp³-hybridized carbons (Fsp3) is 0.105. The maximum Gasteiger partial charge on any atom is 0.0923 e. The topological polar surface area (TPSA) is 15.6 Å². The number of para-hydroxylation sites is 1. The molecule has 2 aromatic heterocycles. The van der Waals surface area contributed by atoms with E-state index in [0.29, 0.717) is 0 Å². The van der Waals surface area contributed by atoms with E-state index in [1.807, 2.05) is 6.07 Å². The van der Waals surface area contributed by atoms with E-state index in [1.165, 1.54) is 9.75 Å². The molecule has 1 aliphatic heterocycles. The average molecular weight is 415 g/mol. The SMILES string of the molecule is Brc1ccccc1N1N=C(/C=C/c2cccs2)CC1c1cccs1. The van der Waals surface area contributed by atoms with Gasteiger partial charge in [0.2, 0.25) is 0 Å². The minimum Gasteiger partial charge on any atom is -0.255 e. The molecule has 24 heavy (non-hydrogen) atoms. The number of rotatable bonds is 4. The second kappa shape index (κ2) is 7.05. The highest BCUT2D eigenvalue weighted by atomic mass is 79.9. The van der Waals surface area contributed by atoms with Gasteiger partial charge in [0.15, 0.2) is 0 Å². The quantitative estimate of drug-likeness (QED) is 0.469. The number of halogens is 1. The number of thiophene rings is 2. The fourth-order valence-corrected chi connectivity index (χ4v) is 4.66. The van der Waals surface area contributed by atoms with Gasteiger partial charge in [-0.1, -0.05) is 24.3 Å². The lowest BCUT2D eigenvalue weighted by molar-refractivity contribution is 0.720. The Kier molecular flexibility index (Phi) is 4.65. The van der Waals surface area contributed by atoms with Gasteiger partial charge >= 0.3 is 0 Å². The molecule has 1 aromatic carbocycles. The molecule has 5 heteroatoms. The van der Waals surface area contributed by atoms with E-state index in [4.69, 9.17) is 5.10 Å². The summed E-state index contributed by atoms with van der Waals surface area (Å²) in [5, 5.41) is 11.3. The molecule has 120 valence electrons. The minimum atomic E-state index is 0.256. The highest BCUT2D eigenvalue weighted by Crippen LogP contribution is 2.40. The summed E-state index contributed by atoms with van der Waals surface area (Å²) in [5.74, 6) is 0. The normalized spacial score (nSPS) is 17.6. The summed E-state index contributed by atoms with van der Waals surface area (Å²) in [6, 6.07) is 17.0. The van der Waals surface area contributed by atoms with Crippen molar-refractivity contribution in [3.05, 3.63) is 79.6 Å². The van der Waals surface area contributed by atoms with Crippen LogP contribution in [-0.2, 0) is 0 Å². The van der Waals surface area contributed by atoms with Gasteiger partial charge in [-0.25, -0.2) is 0 Å². The molecule has 0 amide bonds. The predicted octanol–water partition coefficient (Wildman–Crippen LogP) is 6.59. The number of benzene rings is 1. The molecule has 3 aromatic rings. The summed E-state index contributed by atoms with van der Waals surface area (Å²) in [6.45, 7) is 0. The van der Waals surface area contributed by atoms with Gasteiger partial charge in [-0.05, 0) is 63.1 Å². The summed E-state index contributed by atoms with van der Waals surface area (Å²) in [7, 11) is 0. The molecule has 0 N–H and O–H groups in total. The largest absolute Gasteiger partial charge is 0.255 e. The van der Waals surface area contributed by atoms with Crippen LogP contribution in [-0.4, -0.2) is 5.71 Å². The molecular formula is C19H15BrN2S2. The number of hydrogen-bond acceptors (Lipinski definition) is 4. The van der Waals surface area contributed by atoms with Crippen LogP contribution in [0.1, 0.15) is 22.2 Å². The molecule has 0 radical (unpaired) electrons. The molecular weight excluding hydrogens is 400 g/mol. The van der Waals surface area contributed by atoms with Crippen molar-refractivity contribution in [1.29, 1.82) is 0 Å². The lowest BCUT2D eigenvalue weighted by Gasteiger charge is -2.23. The van der Waals surface area contributed by atoms with Gasteiger partial charge in [0.25, 0.3) is 0 Å². The number of anilines is 1. The molecule has 0 saturated heterocycles. The van der Waals surface area contributed by atoms with Crippen LogP contribution in [0.25, 0.3) is 6.08 Å². The van der Waals surface area contributed by atoms with Crippen molar-refractivity contribution < 1.29 is 0 Å². The zero-order chi connectivity index (χ0) is 16.4. The van der Waals surface area contributed by atoms with Gasteiger partial charge < -0.3 is 0 Å². The third kappa shape index (κ3) is 3.24. The van der Waals surface area contributed by atoms with Gasteiger partial charge in [0.1, 0.15) is 0 Å². The summed E-state index contributed by atoms with van der Waals surface area (Å²) in [5.41, 5.74) is 2.22. The predicted molar refractivity (Wildman–Crippen MR) is 109 cm³/mol. The molecule has 0 bridgehead atoms. The summed E-state index contributed by atoms with van der Waals surface area (Å²) in [4.78, 5) is 2.60. The van der Waals surface area contributed by atoms with Crippen LogP contribution in [0, 0.1) is 0 Å². The standard InChI is InChI=1S/C19H15BrN2S2/c20-16-6-1-2-7-17(16)22-18(19-8-4-12-24-19)13-14(21-22)9-10-15-5-3-11-23-15/h1-12,18H,13H2/b10-9+. The third-order valence-corrected chi connectivity index (χ3v) is 6.37. The van der Waals surface area contributed by atoms with E-state index in [-0.39, 0.29) is 6.04 Å². The Morgan fingerprint density at radius 3 is 2.58 bits per heavy atom. The molecule has 4 rings (SSSR count). The fourth-order valence-electron chi connectivity index (χ4n) is 2.76. The molecule has 3 heterocycles. The second-order valence-corrected chi connectivity index (χ2v) is 8.28. The molecule has 0 aliphatic carbocycles. The van der Waals surface area contributed by atoms with Crippen LogP contribution >= 0.6 is 38.6 Å². The molecule has 1 unspecified atom stereocenters. The molecule has 1 aliphatic rings. The Balaban J connectivity index is 1.68. The van der Waals surface area contributed by atoms with Crippen LogP contribution in [0.4, 0.5) is 5.69 Å². The highest BCUT2D eigenvalue weighted by molar-refractivity contribution is 9.10. The van der Waals surface area contributed by atoms with Gasteiger partial charge in [-0.2, -0.15) is 5.10 Å². The first-order chi connectivity index (χ1) is 11.8. The van der Waals surface area contributed by atoms with E-state index < -0.39 is 0 Å². The number of hydrogen-bond donors (Lipinski definition) is 0. The van der Waals surface area contributed by atoms with E-state index in [9.17, 15) is 0 Å². The number of nitrogens with zero attached hydrogens (tertiary/aromatic N) is 2. The zero-order valence-corrected chi connectivity index (χ0v) is 16.0. The van der Waals surface area contributed by atoms with Gasteiger partial charge in [0, 0.05) is 20.6 Å². The van der Waals surface area contributed by atoms with Crippen LogP contribution < -0.4 is 5.01 Å². The van der Waals surface area contributed by atoms with Crippen molar-refractivity contribution in [2.45, 2.75) is 12.5 Å². The summed E-state index contributed by atoms with van der Waals surface area (Å²) in [6.07, 6.45) is 5.21. The van der Waals surface area contributed by atoms with Crippen molar-refractivity contribution in [3.63, 3.8) is 0 Å². The van der Waals surface area contributed by atoms with Crippen LogP contribution in [0.15, 0.2) is 74.9 Å². The average Bonchev–Trinajstić information content (AvgIpc) is 3.34. The van der Waals surface area contributed by atoms with Crippen molar-refractivity contribution in [3.8, 4) is 0 Å². The van der Waals surface area contributed by atoms with E-state index in [2.05, 4.69) is 86.3 Å². The maximum atomic E-state index is 4.90. The highest BCUT2D eigenvalue weighted by Gasteiger charge is 2.29. The van der Waals surface area contributed by atoms with Crippen LogP contribution in [0.5, 0.6) is 0 Å².